The number of rotatable bonds is 16. The van der Waals surface area contributed by atoms with Crippen LogP contribution in [0.5, 0.6) is 11.5 Å². The molecule has 0 amide bonds. The van der Waals surface area contributed by atoms with Gasteiger partial charge in [-0.3, -0.25) is 0 Å². The summed E-state index contributed by atoms with van der Waals surface area (Å²) in [6.45, 7) is 15.2. The van der Waals surface area contributed by atoms with E-state index in [9.17, 15) is 9.59 Å². The Morgan fingerprint density at radius 1 is 0.750 bits per heavy atom. The molecule has 0 unspecified atom stereocenters. The maximum absolute atomic E-state index is 11.0. The number of carbonyl (C=O) groups is 2. The molecule has 1 aromatic rings. The van der Waals surface area contributed by atoms with Crippen LogP contribution >= 0.6 is 0 Å². The molecule has 0 aliphatic carbocycles. The normalized spacial score (nSPS) is 10.8. The minimum absolute atomic E-state index is 0.0475. The lowest BCUT2D eigenvalue weighted by atomic mass is 9.87. The number of hydrogen-bond donors (Lipinski definition) is 0. The van der Waals surface area contributed by atoms with Crippen molar-refractivity contribution in [1.82, 2.24) is 0 Å². The molecule has 0 radical (unpaired) electrons. The fraction of sp³-hybridized carbons (Fsp3) is 0.500. The van der Waals surface area contributed by atoms with Gasteiger partial charge in [0.25, 0.3) is 0 Å². The van der Waals surface area contributed by atoms with Gasteiger partial charge in [0.05, 0.1) is 26.4 Å². The Balaban J connectivity index is 2.47. The maximum atomic E-state index is 11.0. The Morgan fingerprint density at radius 2 is 1.22 bits per heavy atom. The Hall–Kier alpha value is -2.84. The summed E-state index contributed by atoms with van der Waals surface area (Å²) in [5, 5.41) is 0. The molecule has 0 atom stereocenters. The SMILES string of the molecule is C=CC(=O)OCCOCCOc1ccc(C(C)(C)C)cc1OCCOCCOC(=O)C=C. The summed E-state index contributed by atoms with van der Waals surface area (Å²) in [4.78, 5) is 21.9. The van der Waals surface area contributed by atoms with E-state index in [1.54, 1.807) is 0 Å². The van der Waals surface area contributed by atoms with Gasteiger partial charge in [-0.2, -0.15) is 0 Å². The zero-order valence-corrected chi connectivity index (χ0v) is 19.2. The van der Waals surface area contributed by atoms with Crippen molar-refractivity contribution in [3.8, 4) is 11.5 Å². The van der Waals surface area contributed by atoms with E-state index in [1.807, 2.05) is 18.2 Å². The molecule has 8 heteroatoms. The van der Waals surface area contributed by atoms with E-state index in [0.717, 1.165) is 17.7 Å². The first-order valence-corrected chi connectivity index (χ1v) is 10.4. The van der Waals surface area contributed by atoms with E-state index in [-0.39, 0.29) is 31.8 Å². The lowest BCUT2D eigenvalue weighted by molar-refractivity contribution is -0.140. The number of esters is 2. The maximum Gasteiger partial charge on any atom is 0.330 e. The number of carbonyl (C=O) groups excluding carboxylic acids is 2. The van der Waals surface area contributed by atoms with E-state index < -0.39 is 11.9 Å². The summed E-state index contributed by atoms with van der Waals surface area (Å²) in [6.07, 6.45) is 2.21. The van der Waals surface area contributed by atoms with Gasteiger partial charge in [-0.25, -0.2) is 9.59 Å². The van der Waals surface area contributed by atoms with Crippen LogP contribution < -0.4 is 9.47 Å². The molecule has 0 spiro atoms. The topological polar surface area (TPSA) is 89.5 Å². The van der Waals surface area contributed by atoms with Gasteiger partial charge in [-0.1, -0.05) is 40.0 Å². The van der Waals surface area contributed by atoms with Gasteiger partial charge in [0, 0.05) is 12.2 Å². The standard InChI is InChI=1S/C24H34O8/c1-6-22(25)31-16-12-27-10-14-29-20-9-8-19(24(3,4)5)18-21(20)30-15-11-28-13-17-32-23(26)7-2/h6-9,18H,1-2,10-17H2,3-5H3. The molecule has 0 aliphatic rings. The first kappa shape index (κ1) is 27.2. The molecule has 0 saturated heterocycles. The Kier molecular flexibility index (Phi) is 12.8. The highest BCUT2D eigenvalue weighted by Gasteiger charge is 2.17. The average Bonchev–Trinajstić information content (AvgIpc) is 2.77. The predicted octanol–water partition coefficient (Wildman–Crippen LogP) is 3.23. The van der Waals surface area contributed by atoms with Gasteiger partial charge in [-0.15, -0.1) is 0 Å². The van der Waals surface area contributed by atoms with Crippen molar-refractivity contribution in [1.29, 1.82) is 0 Å². The highest BCUT2D eigenvalue weighted by molar-refractivity contribution is 5.81. The fourth-order valence-electron chi connectivity index (χ4n) is 2.35. The molecule has 178 valence electrons. The van der Waals surface area contributed by atoms with Crippen molar-refractivity contribution in [3.05, 3.63) is 49.1 Å². The molecule has 0 aliphatic heterocycles. The quantitative estimate of drug-likeness (QED) is 0.215. The Labute approximate surface area is 190 Å². The number of ether oxygens (including phenoxy) is 6. The minimum Gasteiger partial charge on any atom is -0.487 e. The van der Waals surface area contributed by atoms with Crippen molar-refractivity contribution in [2.45, 2.75) is 26.2 Å². The van der Waals surface area contributed by atoms with Crippen LogP contribution in [0.25, 0.3) is 0 Å². The highest BCUT2D eigenvalue weighted by atomic mass is 16.6. The molecule has 0 bridgehead atoms. The second kappa shape index (κ2) is 15.0. The van der Waals surface area contributed by atoms with E-state index in [4.69, 9.17) is 28.4 Å². The molecule has 1 aromatic carbocycles. The van der Waals surface area contributed by atoms with Crippen LogP contribution in [0.1, 0.15) is 26.3 Å². The number of hydrogen-bond acceptors (Lipinski definition) is 8. The predicted molar refractivity (Wildman–Crippen MR) is 120 cm³/mol. The first-order chi connectivity index (χ1) is 15.3. The Bertz CT molecular complexity index is 736. The zero-order chi connectivity index (χ0) is 23.8. The lowest BCUT2D eigenvalue weighted by Gasteiger charge is -2.21. The highest BCUT2D eigenvalue weighted by Crippen LogP contribution is 2.33. The van der Waals surface area contributed by atoms with Crippen molar-refractivity contribution in [2.24, 2.45) is 0 Å². The second-order valence-electron chi connectivity index (χ2n) is 7.58. The lowest BCUT2D eigenvalue weighted by Crippen LogP contribution is -2.15. The van der Waals surface area contributed by atoms with Gasteiger partial charge >= 0.3 is 11.9 Å². The fourth-order valence-corrected chi connectivity index (χ4v) is 2.35. The molecule has 0 saturated carbocycles. The van der Waals surface area contributed by atoms with Crippen LogP contribution in [0.4, 0.5) is 0 Å². The average molecular weight is 451 g/mol. The van der Waals surface area contributed by atoms with Gasteiger partial charge < -0.3 is 28.4 Å². The molecular formula is C24H34O8. The third-order valence-electron chi connectivity index (χ3n) is 4.06. The van der Waals surface area contributed by atoms with Crippen LogP contribution in [0.2, 0.25) is 0 Å². The minimum atomic E-state index is -0.479. The van der Waals surface area contributed by atoms with Crippen molar-refractivity contribution in [3.63, 3.8) is 0 Å². The summed E-state index contributed by atoms with van der Waals surface area (Å²) >= 11 is 0. The molecule has 32 heavy (non-hydrogen) atoms. The van der Waals surface area contributed by atoms with Gasteiger partial charge in [0.1, 0.15) is 26.4 Å². The third-order valence-corrected chi connectivity index (χ3v) is 4.06. The zero-order valence-electron chi connectivity index (χ0n) is 19.2. The van der Waals surface area contributed by atoms with Gasteiger partial charge in [0.15, 0.2) is 11.5 Å². The van der Waals surface area contributed by atoms with E-state index in [1.165, 1.54) is 0 Å². The van der Waals surface area contributed by atoms with Crippen LogP contribution in [0, 0.1) is 0 Å². The van der Waals surface area contributed by atoms with Crippen molar-refractivity contribution in [2.75, 3.05) is 52.9 Å². The summed E-state index contributed by atoms with van der Waals surface area (Å²) in [5.41, 5.74) is 1.06. The van der Waals surface area contributed by atoms with Crippen molar-refractivity contribution < 1.29 is 38.0 Å². The summed E-state index contributed by atoms with van der Waals surface area (Å²) < 4.78 is 32.2. The van der Waals surface area contributed by atoms with Crippen LogP contribution in [-0.2, 0) is 34.0 Å². The molecular weight excluding hydrogens is 416 g/mol. The molecule has 1 rings (SSSR count). The molecule has 0 fully saturated rings. The summed E-state index contributed by atoms with van der Waals surface area (Å²) in [7, 11) is 0. The summed E-state index contributed by atoms with van der Waals surface area (Å²) in [5.74, 6) is 0.248. The molecule has 8 nitrogen and oxygen atoms in total. The second-order valence-corrected chi connectivity index (χ2v) is 7.58. The van der Waals surface area contributed by atoms with E-state index in [2.05, 4.69) is 33.9 Å². The van der Waals surface area contributed by atoms with Crippen LogP contribution in [0.3, 0.4) is 0 Å². The summed E-state index contributed by atoms with van der Waals surface area (Å²) in [6, 6.07) is 5.83. The first-order valence-electron chi connectivity index (χ1n) is 10.4. The van der Waals surface area contributed by atoms with Gasteiger partial charge in [-0.05, 0) is 23.1 Å². The molecule has 0 heterocycles. The van der Waals surface area contributed by atoms with E-state index in [0.29, 0.717) is 37.9 Å². The van der Waals surface area contributed by atoms with E-state index >= 15 is 0 Å². The third kappa shape index (κ3) is 11.5. The monoisotopic (exact) mass is 450 g/mol. The van der Waals surface area contributed by atoms with Gasteiger partial charge in [0.2, 0.25) is 0 Å². The largest absolute Gasteiger partial charge is 0.487 e. The molecule has 0 aromatic heterocycles. The molecule has 0 N–H and O–H groups in total. The van der Waals surface area contributed by atoms with Crippen LogP contribution in [-0.4, -0.2) is 64.8 Å². The Morgan fingerprint density at radius 3 is 1.69 bits per heavy atom. The van der Waals surface area contributed by atoms with Crippen LogP contribution in [0.15, 0.2) is 43.5 Å². The van der Waals surface area contributed by atoms with Crippen molar-refractivity contribution >= 4 is 11.9 Å². The smallest absolute Gasteiger partial charge is 0.330 e. The number of benzene rings is 1.